The van der Waals surface area contributed by atoms with Crippen molar-refractivity contribution in [2.45, 2.75) is 128 Å². The van der Waals surface area contributed by atoms with Gasteiger partial charge in [-0.25, -0.2) is 29.5 Å². The number of nitrogens with zero attached hydrogens (tertiary/aromatic N) is 7. The van der Waals surface area contributed by atoms with Gasteiger partial charge in [-0.05, 0) is 138 Å². The highest BCUT2D eigenvalue weighted by Gasteiger charge is 2.27. The fourth-order valence-corrected chi connectivity index (χ4v) is 6.67. The lowest BCUT2D eigenvalue weighted by atomic mass is 9.91. The second kappa shape index (κ2) is 24.9. The van der Waals surface area contributed by atoms with Crippen LogP contribution in [0.5, 0.6) is 0 Å². The average molecular weight is 905 g/mol. The van der Waals surface area contributed by atoms with Gasteiger partial charge in [0.2, 0.25) is 11.2 Å². The predicted molar refractivity (Wildman–Crippen MR) is 241 cm³/mol. The molecule has 2 saturated carbocycles. The Balaban J connectivity index is 0.000000253. The normalized spacial score (nSPS) is 18.6. The third-order valence-electron chi connectivity index (χ3n) is 8.49. The summed E-state index contributed by atoms with van der Waals surface area (Å²) in [6, 6.07) is 8.05. The molecule has 2 aliphatic carbocycles. The summed E-state index contributed by atoms with van der Waals surface area (Å²) in [5, 5.41) is 10.3. The lowest BCUT2D eigenvalue weighted by Gasteiger charge is -2.31. The molecule has 6 rings (SSSR count). The third-order valence-corrected chi connectivity index (χ3v) is 9.23. The maximum atomic E-state index is 12.0. The zero-order valence-electron chi connectivity index (χ0n) is 35.2. The van der Waals surface area contributed by atoms with Gasteiger partial charge in [0.05, 0.1) is 33.8 Å². The van der Waals surface area contributed by atoms with Crippen LogP contribution in [0.25, 0.3) is 22.5 Å². The van der Waals surface area contributed by atoms with E-state index in [0.29, 0.717) is 27.4 Å². The molecule has 4 atom stereocenters. The van der Waals surface area contributed by atoms with Crippen LogP contribution in [0, 0.1) is 0 Å². The fourth-order valence-electron chi connectivity index (χ4n) is 6.13. The number of amides is 2. The van der Waals surface area contributed by atoms with Crippen LogP contribution in [-0.4, -0.2) is 84.5 Å². The Kier molecular flexibility index (Phi) is 20.7. The van der Waals surface area contributed by atoms with Crippen molar-refractivity contribution in [2.75, 3.05) is 12.4 Å². The number of carbonyl (C=O) groups excluding carboxylic acids is 2. The minimum Gasteiger partial charge on any atom is -0.444 e. The zero-order chi connectivity index (χ0) is 44.3. The van der Waals surface area contributed by atoms with Gasteiger partial charge in [-0.3, -0.25) is 14.7 Å². The second-order valence-corrected chi connectivity index (χ2v) is 17.7. The number of hydrogen-bond donors (Lipinski definition) is 4. The lowest BCUT2D eigenvalue weighted by molar-refractivity contribution is 0.0479. The van der Waals surface area contributed by atoms with E-state index in [4.69, 9.17) is 50.0 Å². The molecule has 0 radical (unpaired) electrons. The summed E-state index contributed by atoms with van der Waals surface area (Å²) in [5.41, 5.74) is 7.80. The van der Waals surface area contributed by atoms with Crippen molar-refractivity contribution in [3.63, 3.8) is 0 Å². The molecule has 0 aliphatic heterocycles. The van der Waals surface area contributed by atoms with Crippen molar-refractivity contribution in [3.8, 4) is 22.5 Å². The first-order valence-corrected chi connectivity index (χ1v) is 21.2. The molecule has 4 aromatic rings. The van der Waals surface area contributed by atoms with E-state index in [-0.39, 0.29) is 41.6 Å². The average Bonchev–Trinajstić information content (AvgIpc) is 3.17. The summed E-state index contributed by atoms with van der Waals surface area (Å²) in [4.78, 5) is 48.2. The highest BCUT2D eigenvalue weighted by molar-refractivity contribution is 7.03. The highest BCUT2D eigenvalue weighted by Crippen LogP contribution is 2.28. The highest BCUT2D eigenvalue weighted by atomic mass is 35.5. The Morgan fingerprint density at radius 2 is 1.20 bits per heavy atom. The largest absolute Gasteiger partial charge is 0.444 e. The topological polar surface area (TPSA) is 204 Å². The first kappa shape index (κ1) is 50.1. The second-order valence-electron chi connectivity index (χ2n) is 16.1. The van der Waals surface area contributed by atoms with E-state index in [2.05, 4.69) is 59.6 Å². The van der Waals surface area contributed by atoms with Gasteiger partial charge in [0, 0.05) is 67.1 Å². The summed E-state index contributed by atoms with van der Waals surface area (Å²) >= 11 is 17.8. The van der Waals surface area contributed by atoms with Gasteiger partial charge in [0.15, 0.2) is 0 Å². The number of hydrogen-bond acceptors (Lipinski definition) is 13. The molecule has 0 aromatic carbocycles. The monoisotopic (exact) mass is 903 g/mol. The quantitative estimate of drug-likeness (QED) is 0.105. The number of nitrogens with two attached hydrogens (primary N) is 1. The molecule has 4 heterocycles. The molecule has 0 saturated heterocycles. The van der Waals surface area contributed by atoms with E-state index >= 15 is 0 Å². The molecular weight excluding hydrogens is 848 g/mol. The molecule has 326 valence electrons. The smallest absolute Gasteiger partial charge is 0.407 e. The molecular formula is C41H57Cl3N11O4P. The van der Waals surface area contributed by atoms with Crippen molar-refractivity contribution in [1.82, 2.24) is 40.5 Å². The van der Waals surface area contributed by atoms with E-state index in [1.165, 1.54) is 6.20 Å². The van der Waals surface area contributed by atoms with Crippen LogP contribution in [-0.2, 0) is 9.47 Å². The van der Waals surface area contributed by atoms with Crippen molar-refractivity contribution in [2.24, 2.45) is 10.5 Å². The first-order chi connectivity index (χ1) is 28.3. The Labute approximate surface area is 370 Å². The van der Waals surface area contributed by atoms with Crippen molar-refractivity contribution < 1.29 is 19.1 Å². The molecule has 4 aromatic heterocycles. The van der Waals surface area contributed by atoms with Crippen LogP contribution in [0.2, 0.25) is 15.3 Å². The molecule has 60 heavy (non-hydrogen) atoms. The number of rotatable bonds is 6. The van der Waals surface area contributed by atoms with Crippen LogP contribution in [0.1, 0.15) is 92.9 Å². The van der Waals surface area contributed by atoms with E-state index in [1.807, 2.05) is 65.8 Å². The van der Waals surface area contributed by atoms with Crippen LogP contribution >= 0.6 is 43.8 Å². The van der Waals surface area contributed by atoms with Gasteiger partial charge >= 0.3 is 12.2 Å². The number of alkyl carbamates (subject to hydrolysis) is 2. The fraction of sp³-hybridized carbons (Fsp3) is 0.512. The number of anilines is 1. The van der Waals surface area contributed by atoms with Gasteiger partial charge in [0.1, 0.15) is 11.2 Å². The molecule has 19 heteroatoms. The number of halogens is 3. The maximum Gasteiger partial charge on any atom is 0.407 e. The van der Waals surface area contributed by atoms with E-state index < -0.39 is 11.2 Å². The van der Waals surface area contributed by atoms with E-state index in [0.717, 1.165) is 62.5 Å². The summed E-state index contributed by atoms with van der Waals surface area (Å²) < 4.78 is 13.8. The van der Waals surface area contributed by atoms with Gasteiger partial charge < -0.3 is 31.2 Å². The number of aromatic nitrogens is 6. The maximum absolute atomic E-state index is 12.0. The van der Waals surface area contributed by atoms with Crippen LogP contribution in [0.15, 0.2) is 66.2 Å². The Morgan fingerprint density at radius 3 is 1.68 bits per heavy atom. The Bertz CT molecular complexity index is 1940. The molecule has 0 spiro atoms. The predicted octanol–water partition coefficient (Wildman–Crippen LogP) is 10.0. The van der Waals surface area contributed by atoms with E-state index in [1.54, 1.807) is 38.0 Å². The molecule has 15 nitrogen and oxygen atoms in total. The van der Waals surface area contributed by atoms with Crippen LogP contribution in [0.3, 0.4) is 0 Å². The van der Waals surface area contributed by atoms with Gasteiger partial charge in [-0.2, -0.15) is 0 Å². The zero-order valence-corrected chi connectivity index (χ0v) is 38.5. The molecule has 2 fully saturated rings. The standard InChI is InChI=1S/C20H26ClN5O2.C11H22N2O2.C9H5Cl2N3.CH4NP/c1-20(2,3)28-19(27)25-15-8-4-7-14(10-15)24-18-23-12-16(21)17(26-18)13-6-5-9-22-11-13;1-11(2,3)15-10(14)13-9-6-4-5-8(12)7-9;10-7-5-13-9(11)14-8(7)6-2-1-3-12-4-6;1-2-3/h5-6,9,11-12,14-15H,4,7-8,10H2,1-3H3,(H,25,27)(H,23,24,26);8-9H,4-7,12H2,1-3H3,(H,13,14);1-5H;3H,1H3/t14-,15+;8-,9+;;/m11../s1. The van der Waals surface area contributed by atoms with Crippen LogP contribution in [0.4, 0.5) is 15.5 Å². The summed E-state index contributed by atoms with van der Waals surface area (Å²) in [5.74, 6) is 0.520. The summed E-state index contributed by atoms with van der Waals surface area (Å²) in [7, 11) is 4.47. The molecule has 0 bridgehead atoms. The first-order valence-electron chi connectivity index (χ1n) is 19.6. The minimum atomic E-state index is -0.504. The number of carbonyl (C=O) groups is 2. The minimum absolute atomic E-state index is 0.0613. The summed E-state index contributed by atoms with van der Waals surface area (Å²) in [6.45, 7) is 11.2. The molecule has 2 aliphatic rings. The molecule has 2 amide bonds. The van der Waals surface area contributed by atoms with Crippen molar-refractivity contribution >= 4 is 62.0 Å². The van der Waals surface area contributed by atoms with E-state index in [9.17, 15) is 9.59 Å². The summed E-state index contributed by atoms with van der Waals surface area (Å²) in [6.07, 6.45) is 16.9. The lowest BCUT2D eigenvalue weighted by Crippen LogP contribution is -2.44. The Hall–Kier alpha value is -4.27. The van der Waals surface area contributed by atoms with Crippen LogP contribution < -0.4 is 21.7 Å². The van der Waals surface area contributed by atoms with Gasteiger partial charge in [-0.15, -0.1) is 0 Å². The van der Waals surface area contributed by atoms with Crippen molar-refractivity contribution in [3.05, 3.63) is 76.8 Å². The molecule has 5 N–H and O–H groups in total. The SMILES string of the molecule is CC(C)(C)OC(=O)N[C@H]1CCC[C@@H](N)C1.CC(C)(C)OC(=O)N[C@H]1CCC[C@@H](Nc2ncc(Cl)c(-c3cccnc3)n2)C1.CN=P.Clc1ncc(Cl)c(-c2cccnc2)n1. The van der Waals surface area contributed by atoms with Crippen molar-refractivity contribution in [1.29, 1.82) is 0 Å². The Morgan fingerprint density at radius 1 is 0.733 bits per heavy atom. The molecule has 0 unspecified atom stereocenters. The third kappa shape index (κ3) is 19.4. The van der Waals surface area contributed by atoms with Gasteiger partial charge in [-0.1, -0.05) is 23.2 Å². The number of nitrogens with one attached hydrogen (secondary N) is 3. The number of ether oxygens (including phenoxy) is 2. The number of pyridine rings is 2. The van der Waals surface area contributed by atoms with Gasteiger partial charge in [0.25, 0.3) is 0 Å².